The van der Waals surface area contributed by atoms with Crippen LogP contribution in [0.5, 0.6) is 0 Å². The van der Waals surface area contributed by atoms with Gasteiger partial charge in [0.15, 0.2) is 0 Å². The van der Waals surface area contributed by atoms with E-state index >= 15 is 0 Å². The highest BCUT2D eigenvalue weighted by atomic mass is 16.5. The van der Waals surface area contributed by atoms with Crippen LogP contribution in [0.25, 0.3) is 0 Å². The molecular formula is C18H26N4O. The van der Waals surface area contributed by atoms with Gasteiger partial charge in [0.25, 0.3) is 0 Å². The van der Waals surface area contributed by atoms with E-state index in [2.05, 4.69) is 42.4 Å². The summed E-state index contributed by atoms with van der Waals surface area (Å²) in [5.41, 5.74) is 2.42. The maximum absolute atomic E-state index is 6.01. The number of nitrogens with one attached hydrogen (secondary N) is 1. The molecule has 0 radical (unpaired) electrons. The average Bonchev–Trinajstić information content (AvgIpc) is 3.03. The van der Waals surface area contributed by atoms with Crippen molar-refractivity contribution < 1.29 is 4.74 Å². The van der Waals surface area contributed by atoms with Crippen molar-refractivity contribution in [3.05, 3.63) is 48.0 Å². The van der Waals surface area contributed by atoms with E-state index in [1.807, 2.05) is 35.4 Å². The summed E-state index contributed by atoms with van der Waals surface area (Å²) >= 11 is 0. The molecular weight excluding hydrogens is 288 g/mol. The third-order valence-corrected chi connectivity index (χ3v) is 4.25. The van der Waals surface area contributed by atoms with Crippen LogP contribution in [0.1, 0.15) is 50.8 Å². The highest BCUT2D eigenvalue weighted by Gasteiger charge is 2.27. The number of rotatable bonds is 4. The maximum Gasteiger partial charge on any atom is 0.0978 e. The molecule has 5 nitrogen and oxygen atoms in total. The van der Waals surface area contributed by atoms with Gasteiger partial charge >= 0.3 is 0 Å². The van der Waals surface area contributed by atoms with Gasteiger partial charge in [-0.05, 0) is 51.3 Å². The highest BCUT2D eigenvalue weighted by molar-refractivity contribution is 5.16. The Labute approximate surface area is 138 Å². The molecule has 2 aromatic rings. The predicted octanol–water partition coefficient (Wildman–Crippen LogP) is 3.04. The lowest BCUT2D eigenvalue weighted by atomic mass is 9.96. The molecule has 2 atom stereocenters. The molecule has 0 bridgehead atoms. The Hall–Kier alpha value is -1.72. The van der Waals surface area contributed by atoms with Gasteiger partial charge in [-0.25, -0.2) is 0 Å². The summed E-state index contributed by atoms with van der Waals surface area (Å²) < 4.78 is 8.03. The smallest absolute Gasteiger partial charge is 0.0978 e. The lowest BCUT2D eigenvalue weighted by Crippen LogP contribution is -2.39. The molecule has 23 heavy (non-hydrogen) atoms. The van der Waals surface area contributed by atoms with Crippen molar-refractivity contribution in [3.63, 3.8) is 0 Å². The van der Waals surface area contributed by atoms with E-state index in [1.54, 1.807) is 0 Å². The summed E-state index contributed by atoms with van der Waals surface area (Å²) in [4.78, 5) is 4.10. The zero-order valence-corrected chi connectivity index (χ0v) is 14.2. The highest BCUT2D eigenvalue weighted by Crippen LogP contribution is 2.28. The normalized spacial score (nSPS) is 22.2. The number of hydrogen-bond acceptors (Lipinski definition) is 4. The summed E-state index contributed by atoms with van der Waals surface area (Å²) in [6, 6.07) is 4.41. The van der Waals surface area contributed by atoms with Crippen LogP contribution in [0.2, 0.25) is 0 Å². The Bertz CT molecular complexity index is 617. The third kappa shape index (κ3) is 3.98. The minimum atomic E-state index is 0.0196. The van der Waals surface area contributed by atoms with Gasteiger partial charge in [-0.3, -0.25) is 9.67 Å². The fourth-order valence-corrected chi connectivity index (χ4v) is 2.94. The molecule has 0 saturated carbocycles. The van der Waals surface area contributed by atoms with Crippen LogP contribution >= 0.6 is 0 Å². The summed E-state index contributed by atoms with van der Waals surface area (Å²) in [6.07, 6.45) is 10.1. The second-order valence-electron chi connectivity index (χ2n) is 7.17. The van der Waals surface area contributed by atoms with E-state index in [0.29, 0.717) is 6.04 Å². The topological polar surface area (TPSA) is 52.0 Å². The van der Waals surface area contributed by atoms with E-state index in [-0.39, 0.29) is 11.6 Å². The Morgan fingerprint density at radius 1 is 1.30 bits per heavy atom. The van der Waals surface area contributed by atoms with Gasteiger partial charge in [0.2, 0.25) is 0 Å². The van der Waals surface area contributed by atoms with Crippen molar-refractivity contribution >= 4 is 0 Å². The SMILES string of the molecule is CC(C)(C)n1cc(CN[C@H]2CCCO[C@@H]2c2ccncc2)cn1. The van der Waals surface area contributed by atoms with E-state index in [4.69, 9.17) is 4.74 Å². The van der Waals surface area contributed by atoms with Crippen molar-refractivity contribution in [1.29, 1.82) is 0 Å². The first-order valence-electron chi connectivity index (χ1n) is 8.33. The van der Waals surface area contributed by atoms with Crippen LogP contribution in [-0.4, -0.2) is 27.4 Å². The molecule has 0 spiro atoms. The molecule has 3 heterocycles. The van der Waals surface area contributed by atoms with Crippen LogP contribution in [-0.2, 0) is 16.8 Å². The van der Waals surface area contributed by atoms with Crippen molar-refractivity contribution in [2.24, 2.45) is 0 Å². The maximum atomic E-state index is 6.01. The molecule has 0 aromatic carbocycles. The average molecular weight is 314 g/mol. The van der Waals surface area contributed by atoms with Crippen molar-refractivity contribution in [2.45, 2.75) is 57.8 Å². The monoisotopic (exact) mass is 314 g/mol. The van der Waals surface area contributed by atoms with Gasteiger partial charge < -0.3 is 10.1 Å². The molecule has 124 valence electrons. The second-order valence-corrected chi connectivity index (χ2v) is 7.17. The minimum absolute atomic E-state index is 0.0196. The van der Waals surface area contributed by atoms with Gasteiger partial charge in [0.05, 0.1) is 17.8 Å². The van der Waals surface area contributed by atoms with Crippen LogP contribution < -0.4 is 5.32 Å². The van der Waals surface area contributed by atoms with Crippen molar-refractivity contribution in [2.75, 3.05) is 6.61 Å². The number of aromatic nitrogens is 3. The lowest BCUT2D eigenvalue weighted by molar-refractivity contribution is -0.0112. The van der Waals surface area contributed by atoms with Crippen molar-refractivity contribution in [3.8, 4) is 0 Å². The van der Waals surface area contributed by atoms with Crippen LogP contribution in [0.3, 0.4) is 0 Å². The molecule has 1 aliphatic heterocycles. The van der Waals surface area contributed by atoms with E-state index in [0.717, 1.165) is 26.0 Å². The van der Waals surface area contributed by atoms with Gasteiger partial charge in [-0.15, -0.1) is 0 Å². The molecule has 0 aliphatic carbocycles. The summed E-state index contributed by atoms with van der Waals surface area (Å²) in [7, 11) is 0. The van der Waals surface area contributed by atoms with E-state index < -0.39 is 0 Å². The largest absolute Gasteiger partial charge is 0.372 e. The first-order chi connectivity index (χ1) is 11.0. The molecule has 3 rings (SSSR count). The van der Waals surface area contributed by atoms with Crippen LogP contribution in [0.4, 0.5) is 0 Å². The van der Waals surface area contributed by atoms with Gasteiger partial charge in [-0.1, -0.05) is 0 Å². The molecule has 5 heteroatoms. The standard InChI is InChI=1S/C18H26N4O/c1-18(2,3)22-13-14(12-21-22)11-20-16-5-4-10-23-17(16)15-6-8-19-9-7-15/h6-9,12-13,16-17,20H,4-5,10-11H2,1-3H3/t16-,17+/m0/s1. The van der Waals surface area contributed by atoms with E-state index in [1.165, 1.54) is 11.1 Å². The number of pyridine rings is 1. The quantitative estimate of drug-likeness (QED) is 0.942. The van der Waals surface area contributed by atoms with Crippen molar-refractivity contribution in [1.82, 2.24) is 20.1 Å². The zero-order chi connectivity index (χ0) is 16.3. The van der Waals surface area contributed by atoms with E-state index in [9.17, 15) is 0 Å². The number of nitrogens with zero attached hydrogens (tertiary/aromatic N) is 3. The fraction of sp³-hybridized carbons (Fsp3) is 0.556. The van der Waals surface area contributed by atoms with Crippen LogP contribution in [0.15, 0.2) is 36.9 Å². The number of ether oxygens (including phenoxy) is 1. The number of hydrogen-bond donors (Lipinski definition) is 1. The summed E-state index contributed by atoms with van der Waals surface area (Å²) in [5.74, 6) is 0. The summed E-state index contributed by atoms with van der Waals surface area (Å²) in [6.45, 7) is 8.11. The third-order valence-electron chi connectivity index (χ3n) is 4.25. The van der Waals surface area contributed by atoms with Gasteiger partial charge in [-0.2, -0.15) is 5.10 Å². The Balaban J connectivity index is 1.65. The lowest BCUT2D eigenvalue weighted by Gasteiger charge is -2.32. The van der Waals surface area contributed by atoms with Gasteiger partial charge in [0.1, 0.15) is 0 Å². The zero-order valence-electron chi connectivity index (χ0n) is 14.2. The fourth-order valence-electron chi connectivity index (χ4n) is 2.94. The first kappa shape index (κ1) is 16.1. The Kier molecular flexibility index (Phi) is 4.78. The first-order valence-corrected chi connectivity index (χ1v) is 8.33. The minimum Gasteiger partial charge on any atom is -0.372 e. The molecule has 1 fully saturated rings. The Morgan fingerprint density at radius 3 is 2.78 bits per heavy atom. The van der Waals surface area contributed by atoms with Crippen LogP contribution in [0, 0.1) is 0 Å². The second kappa shape index (κ2) is 6.81. The molecule has 1 aliphatic rings. The molecule has 0 unspecified atom stereocenters. The molecule has 1 saturated heterocycles. The Morgan fingerprint density at radius 2 is 2.09 bits per heavy atom. The molecule has 1 N–H and O–H groups in total. The molecule has 0 amide bonds. The van der Waals surface area contributed by atoms with Gasteiger partial charge in [0, 0.05) is 43.3 Å². The predicted molar refractivity (Wildman–Crippen MR) is 90.0 cm³/mol. The summed E-state index contributed by atoms with van der Waals surface area (Å²) in [5, 5.41) is 8.12. The molecule has 2 aromatic heterocycles.